The summed E-state index contributed by atoms with van der Waals surface area (Å²) < 4.78 is 5.54. The minimum Gasteiger partial charge on any atom is -0.378 e. The van der Waals surface area contributed by atoms with Gasteiger partial charge in [-0.05, 0) is 32.7 Å². The molecule has 1 fully saturated rings. The Morgan fingerprint density at radius 1 is 1.38 bits per heavy atom. The van der Waals surface area contributed by atoms with E-state index < -0.39 is 0 Å². The van der Waals surface area contributed by atoms with E-state index >= 15 is 0 Å². The second kappa shape index (κ2) is 4.97. The first-order valence-corrected chi connectivity index (χ1v) is 5.45. The van der Waals surface area contributed by atoms with Crippen LogP contribution < -0.4 is 0 Å². The minimum atomic E-state index is 0.546. The maximum absolute atomic E-state index is 5.54. The van der Waals surface area contributed by atoms with Gasteiger partial charge in [-0.1, -0.05) is 13.8 Å². The Bertz CT molecular complexity index is 141. The van der Waals surface area contributed by atoms with E-state index in [9.17, 15) is 0 Å². The Labute approximate surface area is 82.3 Å². The highest BCUT2D eigenvalue weighted by atomic mass is 16.5. The lowest BCUT2D eigenvalue weighted by molar-refractivity contribution is -0.0421. The van der Waals surface area contributed by atoms with Crippen LogP contribution in [-0.2, 0) is 4.74 Å². The van der Waals surface area contributed by atoms with Crippen LogP contribution in [0, 0.1) is 5.92 Å². The molecule has 0 bridgehead atoms. The van der Waals surface area contributed by atoms with E-state index in [0.717, 1.165) is 18.6 Å². The summed E-state index contributed by atoms with van der Waals surface area (Å²) in [6, 6.07) is 0.777. The van der Waals surface area contributed by atoms with Crippen molar-refractivity contribution in [2.45, 2.75) is 45.8 Å². The van der Waals surface area contributed by atoms with E-state index in [2.05, 4.69) is 32.7 Å². The summed E-state index contributed by atoms with van der Waals surface area (Å²) in [6.45, 7) is 8.70. The normalized spacial score (nSPS) is 28.2. The molecule has 0 aromatic rings. The maximum Gasteiger partial charge on any atom is 0.0604 e. The molecule has 0 N–H and O–H groups in total. The quantitative estimate of drug-likeness (QED) is 0.650. The third-order valence-corrected chi connectivity index (χ3v) is 2.75. The number of ether oxygens (including phenoxy) is 1. The Hall–Kier alpha value is -0.0800. The molecule has 0 spiro atoms. The van der Waals surface area contributed by atoms with Crippen molar-refractivity contribution in [2.75, 3.05) is 20.2 Å². The monoisotopic (exact) mass is 185 g/mol. The molecule has 0 aromatic heterocycles. The van der Waals surface area contributed by atoms with E-state index in [1.165, 1.54) is 19.4 Å². The first kappa shape index (κ1) is 11.0. The number of hydrogen-bond donors (Lipinski definition) is 0. The van der Waals surface area contributed by atoms with Crippen molar-refractivity contribution in [1.82, 2.24) is 4.90 Å². The summed E-state index contributed by atoms with van der Waals surface area (Å²) in [5.74, 6) is 0.774. The molecule has 13 heavy (non-hydrogen) atoms. The molecule has 2 nitrogen and oxygen atoms in total. The fourth-order valence-corrected chi connectivity index (χ4v) is 1.99. The van der Waals surface area contributed by atoms with Crippen LogP contribution in [0.15, 0.2) is 0 Å². The highest BCUT2D eigenvalue weighted by Gasteiger charge is 2.32. The molecule has 1 saturated carbocycles. The van der Waals surface area contributed by atoms with E-state index in [0.29, 0.717) is 6.10 Å². The van der Waals surface area contributed by atoms with Crippen molar-refractivity contribution in [3.8, 4) is 0 Å². The fraction of sp³-hybridized carbons (Fsp3) is 1.00. The zero-order valence-corrected chi connectivity index (χ0v) is 9.42. The summed E-state index contributed by atoms with van der Waals surface area (Å²) in [6.07, 6.45) is 3.01. The smallest absolute Gasteiger partial charge is 0.0604 e. The summed E-state index contributed by atoms with van der Waals surface area (Å²) in [5, 5.41) is 0. The van der Waals surface area contributed by atoms with Crippen LogP contribution >= 0.6 is 0 Å². The van der Waals surface area contributed by atoms with Gasteiger partial charge in [-0.3, -0.25) is 0 Å². The molecule has 0 aromatic carbocycles. The lowest BCUT2D eigenvalue weighted by Crippen LogP contribution is -2.47. The fourth-order valence-electron chi connectivity index (χ4n) is 1.99. The molecule has 2 heteroatoms. The van der Waals surface area contributed by atoms with Crippen LogP contribution in [0.2, 0.25) is 0 Å². The average Bonchev–Trinajstić information content (AvgIpc) is 1.93. The summed E-state index contributed by atoms with van der Waals surface area (Å²) in [5.41, 5.74) is 0. The topological polar surface area (TPSA) is 12.5 Å². The number of hydrogen-bond acceptors (Lipinski definition) is 2. The van der Waals surface area contributed by atoms with Crippen molar-refractivity contribution in [2.24, 2.45) is 5.92 Å². The third-order valence-electron chi connectivity index (χ3n) is 2.75. The Morgan fingerprint density at radius 3 is 2.46 bits per heavy atom. The first-order valence-electron chi connectivity index (χ1n) is 5.45. The Balaban J connectivity index is 2.11. The van der Waals surface area contributed by atoms with Crippen LogP contribution in [0.25, 0.3) is 0 Å². The molecule has 0 saturated heterocycles. The van der Waals surface area contributed by atoms with Gasteiger partial charge in [-0.2, -0.15) is 0 Å². The molecule has 0 heterocycles. The minimum absolute atomic E-state index is 0.546. The number of nitrogens with zero attached hydrogens (tertiary/aromatic N) is 1. The average molecular weight is 185 g/mol. The van der Waals surface area contributed by atoms with Crippen molar-refractivity contribution < 1.29 is 4.74 Å². The lowest BCUT2D eigenvalue weighted by Gasteiger charge is -2.41. The molecule has 1 aliphatic carbocycles. The lowest BCUT2D eigenvalue weighted by atomic mass is 9.87. The predicted molar refractivity (Wildman–Crippen MR) is 55.9 cm³/mol. The standard InChI is InChI=1S/C11H23NO/c1-5-13-11-6-10(7-11)12(4)8-9(2)3/h9-11H,5-8H2,1-4H3/t10-,11-. The molecule has 0 unspecified atom stereocenters. The highest BCUT2D eigenvalue weighted by molar-refractivity contribution is 4.87. The maximum atomic E-state index is 5.54. The van der Waals surface area contributed by atoms with Crippen LogP contribution in [0.4, 0.5) is 0 Å². The third kappa shape index (κ3) is 3.28. The molecular formula is C11H23NO. The van der Waals surface area contributed by atoms with Gasteiger partial charge in [0.25, 0.3) is 0 Å². The SMILES string of the molecule is CCO[C@H]1C[C@H](N(C)CC(C)C)C1. The van der Waals surface area contributed by atoms with Crippen LogP contribution in [0.5, 0.6) is 0 Å². The van der Waals surface area contributed by atoms with E-state index in [1.54, 1.807) is 0 Å². The van der Waals surface area contributed by atoms with Gasteiger partial charge in [0, 0.05) is 19.2 Å². The molecule has 78 valence electrons. The highest BCUT2D eigenvalue weighted by Crippen LogP contribution is 2.27. The zero-order chi connectivity index (χ0) is 9.84. The van der Waals surface area contributed by atoms with Crippen molar-refractivity contribution in [3.63, 3.8) is 0 Å². The largest absolute Gasteiger partial charge is 0.378 e. The molecule has 0 radical (unpaired) electrons. The molecule has 0 amide bonds. The van der Waals surface area contributed by atoms with E-state index in [4.69, 9.17) is 4.74 Å². The van der Waals surface area contributed by atoms with Crippen LogP contribution in [0.3, 0.4) is 0 Å². The Morgan fingerprint density at radius 2 is 2.00 bits per heavy atom. The molecule has 0 aliphatic heterocycles. The predicted octanol–water partition coefficient (Wildman–Crippen LogP) is 2.14. The van der Waals surface area contributed by atoms with Gasteiger partial charge in [0.15, 0.2) is 0 Å². The van der Waals surface area contributed by atoms with Crippen LogP contribution in [0.1, 0.15) is 33.6 Å². The van der Waals surface area contributed by atoms with Gasteiger partial charge >= 0.3 is 0 Å². The van der Waals surface area contributed by atoms with Gasteiger partial charge in [0.05, 0.1) is 6.10 Å². The summed E-state index contributed by atoms with van der Waals surface area (Å²) in [7, 11) is 2.23. The van der Waals surface area contributed by atoms with Crippen LogP contribution in [-0.4, -0.2) is 37.2 Å². The van der Waals surface area contributed by atoms with Gasteiger partial charge in [0.1, 0.15) is 0 Å². The first-order chi connectivity index (χ1) is 6.13. The van der Waals surface area contributed by atoms with Gasteiger partial charge in [0.2, 0.25) is 0 Å². The van der Waals surface area contributed by atoms with Crippen molar-refractivity contribution >= 4 is 0 Å². The number of rotatable bonds is 5. The molecular weight excluding hydrogens is 162 g/mol. The van der Waals surface area contributed by atoms with Gasteiger partial charge in [-0.25, -0.2) is 0 Å². The van der Waals surface area contributed by atoms with Gasteiger partial charge in [-0.15, -0.1) is 0 Å². The molecule has 1 aliphatic rings. The summed E-state index contributed by atoms with van der Waals surface area (Å²) in [4.78, 5) is 2.47. The molecule has 0 atom stereocenters. The second-order valence-electron chi connectivity index (χ2n) is 4.54. The second-order valence-corrected chi connectivity index (χ2v) is 4.54. The summed E-state index contributed by atoms with van der Waals surface area (Å²) >= 11 is 0. The van der Waals surface area contributed by atoms with Gasteiger partial charge < -0.3 is 9.64 Å². The van der Waals surface area contributed by atoms with E-state index in [-0.39, 0.29) is 0 Å². The molecule has 1 rings (SSSR count). The van der Waals surface area contributed by atoms with Crippen molar-refractivity contribution in [1.29, 1.82) is 0 Å². The zero-order valence-electron chi connectivity index (χ0n) is 9.42. The van der Waals surface area contributed by atoms with Crippen molar-refractivity contribution in [3.05, 3.63) is 0 Å². The van der Waals surface area contributed by atoms with E-state index in [1.807, 2.05) is 0 Å². The Kier molecular flexibility index (Phi) is 4.20.